The monoisotopic (exact) mass is 386 g/mol. The molecule has 142 valence electrons. The van der Waals surface area contributed by atoms with Gasteiger partial charge in [-0.15, -0.1) is 0 Å². The molecule has 2 heterocycles. The third kappa shape index (κ3) is 4.23. The molecule has 3 rings (SSSR count). The molecule has 0 radical (unpaired) electrons. The van der Waals surface area contributed by atoms with Crippen LogP contribution in [0, 0.1) is 0 Å². The van der Waals surface area contributed by atoms with Gasteiger partial charge < -0.3 is 10.1 Å². The van der Waals surface area contributed by atoms with Crippen LogP contribution in [0.3, 0.4) is 0 Å². The summed E-state index contributed by atoms with van der Waals surface area (Å²) in [5, 5.41) is 7.50. The van der Waals surface area contributed by atoms with E-state index >= 15 is 0 Å². The third-order valence-corrected chi connectivity index (χ3v) is 4.92. The lowest BCUT2D eigenvalue weighted by atomic mass is 9.87. The van der Waals surface area contributed by atoms with Crippen molar-refractivity contribution in [1.82, 2.24) is 14.6 Å². The van der Waals surface area contributed by atoms with Crippen molar-refractivity contribution in [2.45, 2.75) is 39.7 Å². The molecule has 0 aliphatic heterocycles. The van der Waals surface area contributed by atoms with Crippen molar-refractivity contribution < 1.29 is 9.53 Å². The zero-order chi connectivity index (χ0) is 19.6. The Morgan fingerprint density at radius 2 is 1.96 bits per heavy atom. The molecule has 0 fully saturated rings. The summed E-state index contributed by atoms with van der Waals surface area (Å²) in [6.07, 6.45) is 1.36. The minimum Gasteiger partial charge on any atom is -0.374 e. The number of aromatic nitrogens is 3. The normalized spacial score (nSPS) is 11.7. The van der Waals surface area contributed by atoms with Crippen LogP contribution in [-0.2, 0) is 16.8 Å². The van der Waals surface area contributed by atoms with Crippen LogP contribution in [0.25, 0.3) is 4.96 Å². The number of hydrogen-bond acceptors (Lipinski definition) is 6. The average Bonchev–Trinajstić information content (AvgIpc) is 3.05. The van der Waals surface area contributed by atoms with Crippen molar-refractivity contribution in [2.24, 2.45) is 0 Å². The molecule has 7 nitrogen and oxygen atoms in total. The Kier molecular flexibility index (Phi) is 5.38. The minimum atomic E-state index is -0.418. The molecular weight excluding hydrogens is 364 g/mol. The number of anilines is 1. The molecule has 1 amide bonds. The molecule has 2 aromatic heterocycles. The van der Waals surface area contributed by atoms with Crippen LogP contribution < -0.4 is 10.9 Å². The van der Waals surface area contributed by atoms with Crippen LogP contribution in [-0.4, -0.2) is 27.1 Å². The van der Waals surface area contributed by atoms with Gasteiger partial charge in [-0.1, -0.05) is 44.2 Å². The van der Waals surface area contributed by atoms with E-state index in [-0.39, 0.29) is 17.0 Å². The van der Waals surface area contributed by atoms with Gasteiger partial charge >= 0.3 is 0 Å². The summed E-state index contributed by atoms with van der Waals surface area (Å²) in [6.45, 7) is 9.10. The van der Waals surface area contributed by atoms with Crippen molar-refractivity contribution in [3.63, 3.8) is 0 Å². The van der Waals surface area contributed by atoms with Crippen molar-refractivity contribution >= 4 is 27.9 Å². The topological polar surface area (TPSA) is 85.6 Å². The number of hydrogen-bond donors (Lipinski definition) is 1. The summed E-state index contributed by atoms with van der Waals surface area (Å²) in [7, 11) is 0. The van der Waals surface area contributed by atoms with Gasteiger partial charge in [0.1, 0.15) is 17.3 Å². The largest absolute Gasteiger partial charge is 0.374 e. The van der Waals surface area contributed by atoms with Gasteiger partial charge in [-0.3, -0.25) is 9.59 Å². The molecular formula is C19H22N4O3S. The Labute approximate surface area is 161 Å². The first-order valence-electron chi connectivity index (χ1n) is 8.67. The number of benzene rings is 1. The maximum absolute atomic E-state index is 12.6. The number of ether oxygens (including phenoxy) is 1. The number of nitrogens with one attached hydrogen (secondary N) is 1. The predicted octanol–water partition coefficient (Wildman–Crippen LogP) is 3.24. The molecule has 3 aromatic rings. The fraction of sp³-hybridized carbons (Fsp3) is 0.368. The van der Waals surface area contributed by atoms with Crippen molar-refractivity contribution in [1.29, 1.82) is 0 Å². The van der Waals surface area contributed by atoms with Gasteiger partial charge in [-0.05, 0) is 30.0 Å². The molecule has 27 heavy (non-hydrogen) atoms. The number of carbonyl (C=O) groups excluding carboxylic acids is 1. The molecule has 0 bridgehead atoms. The van der Waals surface area contributed by atoms with E-state index in [1.807, 2.05) is 19.1 Å². The second kappa shape index (κ2) is 7.58. The highest BCUT2D eigenvalue weighted by Gasteiger charge is 2.16. The molecule has 0 unspecified atom stereocenters. The molecule has 0 saturated heterocycles. The van der Waals surface area contributed by atoms with Gasteiger partial charge in [-0.25, -0.2) is 4.98 Å². The van der Waals surface area contributed by atoms with Gasteiger partial charge in [0.2, 0.25) is 4.96 Å². The fourth-order valence-electron chi connectivity index (χ4n) is 2.48. The second-order valence-corrected chi connectivity index (χ2v) is 8.13. The number of amides is 1. The van der Waals surface area contributed by atoms with Crippen LogP contribution in [0.5, 0.6) is 0 Å². The Bertz CT molecular complexity index is 1020. The Morgan fingerprint density at radius 1 is 1.26 bits per heavy atom. The Morgan fingerprint density at radius 3 is 2.59 bits per heavy atom. The van der Waals surface area contributed by atoms with Crippen LogP contribution >= 0.6 is 11.3 Å². The minimum absolute atomic E-state index is 0.00655. The van der Waals surface area contributed by atoms with Crippen LogP contribution in [0.2, 0.25) is 0 Å². The van der Waals surface area contributed by atoms with E-state index in [0.29, 0.717) is 28.7 Å². The fourth-order valence-corrected chi connectivity index (χ4v) is 3.27. The predicted molar refractivity (Wildman–Crippen MR) is 106 cm³/mol. The lowest BCUT2D eigenvalue weighted by Crippen LogP contribution is -2.23. The summed E-state index contributed by atoms with van der Waals surface area (Å²) < 4.78 is 6.50. The molecule has 0 spiro atoms. The Balaban J connectivity index is 1.82. The van der Waals surface area contributed by atoms with Gasteiger partial charge in [0.15, 0.2) is 0 Å². The zero-order valence-electron chi connectivity index (χ0n) is 15.8. The molecule has 0 aliphatic carbocycles. The maximum Gasteiger partial charge on any atom is 0.298 e. The number of carbonyl (C=O) groups is 1. The SMILES string of the molecule is CCOCc1nn2c(=O)c(NC(=O)c3ccc(C(C)(C)C)cc3)cnc2s1. The molecule has 0 aliphatic rings. The van der Waals surface area contributed by atoms with Crippen LogP contribution in [0.4, 0.5) is 5.69 Å². The third-order valence-electron chi connectivity index (χ3n) is 4.02. The van der Waals surface area contributed by atoms with E-state index in [9.17, 15) is 9.59 Å². The number of fused-ring (bicyclic) bond motifs is 1. The highest BCUT2D eigenvalue weighted by molar-refractivity contribution is 7.16. The first-order chi connectivity index (χ1) is 12.8. The van der Waals surface area contributed by atoms with E-state index in [2.05, 4.69) is 36.2 Å². The maximum atomic E-state index is 12.6. The van der Waals surface area contributed by atoms with E-state index in [1.165, 1.54) is 22.0 Å². The van der Waals surface area contributed by atoms with Crippen molar-refractivity contribution in [3.05, 3.63) is 57.0 Å². The van der Waals surface area contributed by atoms with E-state index in [1.54, 1.807) is 12.1 Å². The Hall–Kier alpha value is -2.58. The quantitative estimate of drug-likeness (QED) is 0.728. The van der Waals surface area contributed by atoms with Crippen molar-refractivity contribution in [2.75, 3.05) is 11.9 Å². The molecule has 1 N–H and O–H groups in total. The molecule has 1 aromatic carbocycles. The van der Waals surface area contributed by atoms with Crippen LogP contribution in [0.15, 0.2) is 35.3 Å². The van der Waals surface area contributed by atoms with Crippen LogP contribution in [0.1, 0.15) is 48.6 Å². The second-order valence-electron chi connectivity index (χ2n) is 7.09. The summed E-state index contributed by atoms with van der Waals surface area (Å²) in [5.41, 5.74) is 1.28. The van der Waals surface area contributed by atoms with Crippen molar-refractivity contribution in [3.8, 4) is 0 Å². The lowest BCUT2D eigenvalue weighted by molar-refractivity contribution is 0.102. The highest BCUT2D eigenvalue weighted by atomic mass is 32.1. The first kappa shape index (κ1) is 19.2. The highest BCUT2D eigenvalue weighted by Crippen LogP contribution is 2.22. The van der Waals surface area contributed by atoms with E-state index in [0.717, 1.165) is 5.56 Å². The number of rotatable bonds is 5. The van der Waals surface area contributed by atoms with E-state index < -0.39 is 5.56 Å². The summed E-state index contributed by atoms with van der Waals surface area (Å²) in [5.74, 6) is -0.362. The average molecular weight is 386 g/mol. The van der Waals surface area contributed by atoms with Gasteiger partial charge in [0.05, 0.1) is 6.20 Å². The molecule has 0 saturated carbocycles. The summed E-state index contributed by atoms with van der Waals surface area (Å²) >= 11 is 1.28. The lowest BCUT2D eigenvalue weighted by Gasteiger charge is -2.19. The van der Waals surface area contributed by atoms with E-state index in [4.69, 9.17) is 4.74 Å². The van der Waals surface area contributed by atoms with Gasteiger partial charge in [-0.2, -0.15) is 9.61 Å². The van der Waals surface area contributed by atoms with Gasteiger partial charge in [0.25, 0.3) is 11.5 Å². The standard InChI is InChI=1S/C19H22N4O3S/c1-5-26-11-15-22-23-17(25)14(10-20-18(23)27-15)21-16(24)12-6-8-13(9-7-12)19(2,3)4/h6-10H,5,11H2,1-4H3,(H,21,24). The summed E-state index contributed by atoms with van der Waals surface area (Å²) in [6, 6.07) is 7.35. The molecule has 0 atom stereocenters. The first-order valence-corrected chi connectivity index (χ1v) is 9.48. The molecule has 8 heteroatoms. The number of nitrogens with zero attached hydrogens (tertiary/aromatic N) is 3. The zero-order valence-corrected chi connectivity index (χ0v) is 16.6. The summed E-state index contributed by atoms with van der Waals surface area (Å²) in [4.78, 5) is 29.7. The smallest absolute Gasteiger partial charge is 0.298 e. The van der Waals surface area contributed by atoms with Gasteiger partial charge in [0, 0.05) is 12.2 Å².